The first kappa shape index (κ1) is 16.1. The van der Waals surface area contributed by atoms with Crippen LogP contribution in [-0.2, 0) is 11.3 Å². The van der Waals surface area contributed by atoms with Crippen molar-refractivity contribution in [2.75, 3.05) is 0 Å². The first-order valence-electron chi connectivity index (χ1n) is 9.46. The van der Waals surface area contributed by atoms with Gasteiger partial charge in [0.05, 0.1) is 16.8 Å². The first-order valence-corrected chi connectivity index (χ1v) is 10.3. The molecule has 2 aliphatic carbocycles. The number of hydrogen-bond donors (Lipinski definition) is 1. The molecular weight excluding hydrogens is 344 g/mol. The average Bonchev–Trinajstić information content (AvgIpc) is 3.41. The number of para-hydroxylation sites is 1. The van der Waals surface area contributed by atoms with E-state index in [4.69, 9.17) is 4.42 Å². The molecular formula is C21H22N2O2S. The van der Waals surface area contributed by atoms with Crippen molar-refractivity contribution in [1.82, 2.24) is 10.3 Å². The number of aromatic nitrogens is 1. The Bertz CT molecular complexity index is 911. The Hall–Kier alpha value is -2.14. The summed E-state index contributed by atoms with van der Waals surface area (Å²) in [6, 6.07) is 12.0. The van der Waals surface area contributed by atoms with E-state index in [1.807, 2.05) is 30.3 Å². The molecule has 5 heteroatoms. The molecule has 5 rings (SSSR count). The maximum absolute atomic E-state index is 12.3. The van der Waals surface area contributed by atoms with Gasteiger partial charge in [-0.3, -0.25) is 4.79 Å². The lowest BCUT2D eigenvalue weighted by Gasteiger charge is -2.20. The van der Waals surface area contributed by atoms with Gasteiger partial charge in [0.15, 0.2) is 10.8 Å². The molecule has 2 aliphatic rings. The van der Waals surface area contributed by atoms with E-state index in [2.05, 4.69) is 16.4 Å². The highest BCUT2D eigenvalue weighted by molar-refractivity contribution is 7.21. The highest BCUT2D eigenvalue weighted by atomic mass is 32.1. The zero-order chi connectivity index (χ0) is 17.5. The molecule has 2 saturated carbocycles. The number of nitrogens with one attached hydrogen (secondary N) is 1. The number of furan rings is 1. The van der Waals surface area contributed by atoms with Gasteiger partial charge in [0.2, 0.25) is 5.91 Å². The van der Waals surface area contributed by atoms with E-state index in [1.165, 1.54) is 25.7 Å². The molecule has 1 N–H and O–H groups in total. The summed E-state index contributed by atoms with van der Waals surface area (Å²) in [5.74, 6) is 3.98. The minimum atomic E-state index is 0.153. The van der Waals surface area contributed by atoms with Crippen LogP contribution in [0.1, 0.15) is 37.9 Å². The van der Waals surface area contributed by atoms with Crippen molar-refractivity contribution in [2.45, 2.75) is 38.6 Å². The predicted molar refractivity (Wildman–Crippen MR) is 103 cm³/mol. The summed E-state index contributed by atoms with van der Waals surface area (Å²) in [7, 11) is 0. The molecule has 2 fully saturated rings. The lowest BCUT2D eigenvalue weighted by atomic mass is 9.86. The van der Waals surface area contributed by atoms with Gasteiger partial charge in [-0.15, -0.1) is 11.3 Å². The molecule has 1 aromatic carbocycles. The van der Waals surface area contributed by atoms with Crippen molar-refractivity contribution in [2.24, 2.45) is 17.8 Å². The molecule has 0 radical (unpaired) electrons. The minimum Gasteiger partial charge on any atom is -0.457 e. The quantitative estimate of drug-likeness (QED) is 0.691. The number of thiazole rings is 1. The van der Waals surface area contributed by atoms with Crippen molar-refractivity contribution in [3.63, 3.8) is 0 Å². The van der Waals surface area contributed by atoms with Crippen LogP contribution < -0.4 is 5.32 Å². The molecule has 0 spiro atoms. The monoisotopic (exact) mass is 366 g/mol. The van der Waals surface area contributed by atoms with Crippen LogP contribution in [0.4, 0.5) is 0 Å². The van der Waals surface area contributed by atoms with E-state index in [1.54, 1.807) is 11.3 Å². The van der Waals surface area contributed by atoms with Gasteiger partial charge in [-0.25, -0.2) is 4.98 Å². The maximum Gasteiger partial charge on any atom is 0.220 e. The summed E-state index contributed by atoms with van der Waals surface area (Å²) in [5.41, 5.74) is 0.990. The Morgan fingerprint density at radius 3 is 2.92 bits per heavy atom. The molecule has 0 saturated heterocycles. The molecule has 2 aromatic heterocycles. The van der Waals surface area contributed by atoms with Gasteiger partial charge in [0, 0.05) is 6.42 Å². The van der Waals surface area contributed by atoms with Crippen molar-refractivity contribution in [3.8, 4) is 10.8 Å². The lowest BCUT2D eigenvalue weighted by Crippen LogP contribution is -2.26. The van der Waals surface area contributed by atoms with Crippen molar-refractivity contribution in [3.05, 3.63) is 42.2 Å². The third kappa shape index (κ3) is 3.05. The fourth-order valence-electron chi connectivity index (χ4n) is 4.69. The van der Waals surface area contributed by atoms with E-state index in [-0.39, 0.29) is 5.91 Å². The number of amides is 1. The second kappa shape index (κ2) is 6.54. The normalized spacial score (nSPS) is 24.4. The number of hydrogen-bond acceptors (Lipinski definition) is 4. The number of fused-ring (bicyclic) bond motifs is 3. The van der Waals surface area contributed by atoms with Gasteiger partial charge in [0.1, 0.15) is 5.76 Å². The van der Waals surface area contributed by atoms with Crippen molar-refractivity contribution < 1.29 is 9.21 Å². The second-order valence-electron chi connectivity index (χ2n) is 7.67. The third-order valence-corrected chi connectivity index (χ3v) is 7.01. The van der Waals surface area contributed by atoms with Crippen LogP contribution in [0.25, 0.3) is 21.0 Å². The summed E-state index contributed by atoms with van der Waals surface area (Å²) in [4.78, 5) is 16.9. The zero-order valence-corrected chi connectivity index (χ0v) is 15.4. The summed E-state index contributed by atoms with van der Waals surface area (Å²) in [5, 5.41) is 3.91. The third-order valence-electron chi connectivity index (χ3n) is 5.96. The van der Waals surface area contributed by atoms with E-state index in [0.717, 1.165) is 38.6 Å². The number of benzene rings is 1. The Kier molecular flexibility index (Phi) is 4.04. The van der Waals surface area contributed by atoms with Gasteiger partial charge < -0.3 is 9.73 Å². The molecule has 26 heavy (non-hydrogen) atoms. The largest absolute Gasteiger partial charge is 0.457 e. The fraction of sp³-hybridized carbons (Fsp3) is 0.429. The molecule has 0 aliphatic heterocycles. The SMILES string of the molecule is O=C(C[C@H]1C[C@H]2CC[C@H]1C2)NCc1ccc(-c2nc3ccccc3s2)o1. The Labute approximate surface area is 156 Å². The highest BCUT2D eigenvalue weighted by Gasteiger charge is 2.40. The van der Waals surface area contributed by atoms with Crippen molar-refractivity contribution >= 4 is 27.5 Å². The zero-order valence-electron chi connectivity index (χ0n) is 14.6. The summed E-state index contributed by atoms with van der Waals surface area (Å²) >= 11 is 1.62. The smallest absolute Gasteiger partial charge is 0.220 e. The number of carbonyl (C=O) groups excluding carboxylic acids is 1. The predicted octanol–water partition coefficient (Wildman–Crippen LogP) is 5.00. The van der Waals surface area contributed by atoms with Gasteiger partial charge >= 0.3 is 0 Å². The van der Waals surface area contributed by atoms with Crippen LogP contribution in [0, 0.1) is 17.8 Å². The molecule has 2 heterocycles. The summed E-state index contributed by atoms with van der Waals surface area (Å²) in [6.07, 6.45) is 5.98. The average molecular weight is 366 g/mol. The van der Waals surface area contributed by atoms with Crippen LogP contribution in [0.5, 0.6) is 0 Å². The molecule has 134 valence electrons. The second-order valence-corrected chi connectivity index (χ2v) is 8.70. The Balaban J connectivity index is 1.20. The highest BCUT2D eigenvalue weighted by Crippen LogP contribution is 2.49. The van der Waals surface area contributed by atoms with Gasteiger partial charge in [-0.1, -0.05) is 18.6 Å². The maximum atomic E-state index is 12.3. The fourth-order valence-corrected chi connectivity index (χ4v) is 5.62. The Morgan fingerprint density at radius 1 is 1.19 bits per heavy atom. The summed E-state index contributed by atoms with van der Waals surface area (Å²) in [6.45, 7) is 0.449. The first-order chi connectivity index (χ1) is 12.7. The number of carbonyl (C=O) groups is 1. The van der Waals surface area contributed by atoms with E-state index in [9.17, 15) is 4.79 Å². The lowest BCUT2D eigenvalue weighted by molar-refractivity contribution is -0.122. The minimum absolute atomic E-state index is 0.153. The Morgan fingerprint density at radius 2 is 2.12 bits per heavy atom. The van der Waals surface area contributed by atoms with Crippen LogP contribution in [0.3, 0.4) is 0 Å². The molecule has 3 aromatic rings. The van der Waals surface area contributed by atoms with Crippen LogP contribution in [0.2, 0.25) is 0 Å². The van der Waals surface area contributed by atoms with Gasteiger partial charge in [-0.2, -0.15) is 0 Å². The molecule has 4 nitrogen and oxygen atoms in total. The topological polar surface area (TPSA) is 55.1 Å². The molecule has 1 amide bonds. The van der Waals surface area contributed by atoms with E-state index < -0.39 is 0 Å². The summed E-state index contributed by atoms with van der Waals surface area (Å²) < 4.78 is 7.05. The number of rotatable bonds is 5. The van der Waals surface area contributed by atoms with Crippen molar-refractivity contribution in [1.29, 1.82) is 0 Å². The molecule has 2 bridgehead atoms. The van der Waals surface area contributed by atoms with Crippen LogP contribution >= 0.6 is 11.3 Å². The van der Waals surface area contributed by atoms with Crippen LogP contribution in [-0.4, -0.2) is 10.9 Å². The van der Waals surface area contributed by atoms with Crippen LogP contribution in [0.15, 0.2) is 40.8 Å². The van der Waals surface area contributed by atoms with E-state index >= 15 is 0 Å². The standard InChI is InChI=1S/C21H22N2O2S/c24-20(11-15-10-13-5-6-14(15)9-13)22-12-16-7-8-18(25-16)21-23-17-3-1-2-4-19(17)26-21/h1-4,7-8,13-15H,5-6,9-12H2,(H,22,24)/t13-,14-,15+/m0/s1. The molecule has 0 unspecified atom stereocenters. The van der Waals surface area contributed by atoms with Gasteiger partial charge in [-0.05, 0) is 61.3 Å². The molecule has 3 atom stereocenters. The van der Waals surface area contributed by atoms with E-state index in [0.29, 0.717) is 18.9 Å². The van der Waals surface area contributed by atoms with Gasteiger partial charge in [0.25, 0.3) is 0 Å². The number of nitrogens with zero attached hydrogens (tertiary/aromatic N) is 1.